The molecule has 2 N–H and O–H groups in total. The highest BCUT2D eigenvalue weighted by atomic mass is 35.5. The first-order valence-corrected chi connectivity index (χ1v) is 8.96. The Morgan fingerprint density at radius 2 is 2.26 bits per heavy atom. The summed E-state index contributed by atoms with van der Waals surface area (Å²) in [6.07, 6.45) is 5.83. The lowest BCUT2D eigenvalue weighted by Gasteiger charge is -2.34. The van der Waals surface area contributed by atoms with Crippen LogP contribution in [0.5, 0.6) is 0 Å². The Hall–Kier alpha value is -1.04. The van der Waals surface area contributed by atoms with E-state index in [4.69, 9.17) is 23.2 Å². The third-order valence-corrected chi connectivity index (χ3v) is 5.03. The third kappa shape index (κ3) is 4.28. The standard InChI is InChI=1S/C16H22Cl2N4O/c17-12-7-13(18)15(20-9-12)22-6-2-3-11(10-22)8-21-16(23)14-4-1-5-19-14/h7,9,11,14,19H,1-6,8,10H2,(H,21,23). The number of hydrogen-bond acceptors (Lipinski definition) is 4. The number of carbonyl (C=O) groups is 1. The zero-order valence-electron chi connectivity index (χ0n) is 13.0. The molecule has 2 fully saturated rings. The van der Waals surface area contributed by atoms with Gasteiger partial charge < -0.3 is 15.5 Å². The van der Waals surface area contributed by atoms with Crippen LogP contribution in [0.1, 0.15) is 25.7 Å². The van der Waals surface area contributed by atoms with E-state index < -0.39 is 0 Å². The molecule has 5 nitrogen and oxygen atoms in total. The van der Waals surface area contributed by atoms with E-state index in [1.54, 1.807) is 12.3 Å². The van der Waals surface area contributed by atoms with Gasteiger partial charge in [0.15, 0.2) is 0 Å². The molecule has 2 unspecified atom stereocenters. The second kappa shape index (κ2) is 7.69. The number of anilines is 1. The second-order valence-corrected chi connectivity index (χ2v) is 7.15. The van der Waals surface area contributed by atoms with Crippen LogP contribution >= 0.6 is 23.2 Å². The number of halogens is 2. The van der Waals surface area contributed by atoms with E-state index >= 15 is 0 Å². The van der Waals surface area contributed by atoms with E-state index in [1.165, 1.54) is 0 Å². The lowest BCUT2D eigenvalue weighted by molar-refractivity contribution is -0.122. The van der Waals surface area contributed by atoms with Gasteiger partial charge in [-0.15, -0.1) is 0 Å². The molecule has 3 heterocycles. The van der Waals surface area contributed by atoms with Crippen molar-refractivity contribution in [3.63, 3.8) is 0 Å². The highest BCUT2D eigenvalue weighted by molar-refractivity contribution is 6.36. The van der Waals surface area contributed by atoms with Gasteiger partial charge in [0.1, 0.15) is 5.82 Å². The number of pyridine rings is 1. The average Bonchev–Trinajstić information content (AvgIpc) is 3.07. The Balaban J connectivity index is 1.54. The summed E-state index contributed by atoms with van der Waals surface area (Å²) < 4.78 is 0. The number of rotatable bonds is 4. The molecule has 126 valence electrons. The molecule has 3 rings (SSSR count). The van der Waals surface area contributed by atoms with Crippen molar-refractivity contribution < 1.29 is 4.79 Å². The lowest BCUT2D eigenvalue weighted by atomic mass is 9.97. The summed E-state index contributed by atoms with van der Waals surface area (Å²) in [5, 5.41) is 7.44. The largest absolute Gasteiger partial charge is 0.355 e. The van der Waals surface area contributed by atoms with E-state index in [1.807, 2.05) is 0 Å². The van der Waals surface area contributed by atoms with Crippen LogP contribution in [0.3, 0.4) is 0 Å². The molecule has 1 amide bonds. The van der Waals surface area contributed by atoms with Crippen LogP contribution < -0.4 is 15.5 Å². The summed E-state index contributed by atoms with van der Waals surface area (Å²) in [5.74, 6) is 1.33. The molecule has 0 aromatic carbocycles. The zero-order chi connectivity index (χ0) is 16.2. The van der Waals surface area contributed by atoms with Gasteiger partial charge in [0, 0.05) is 25.8 Å². The molecule has 0 saturated carbocycles. The normalized spacial score (nSPS) is 24.7. The summed E-state index contributed by atoms with van der Waals surface area (Å²) in [6, 6.07) is 1.71. The first-order valence-electron chi connectivity index (χ1n) is 8.20. The average molecular weight is 357 g/mol. The summed E-state index contributed by atoms with van der Waals surface area (Å²) >= 11 is 12.2. The van der Waals surface area contributed by atoms with Crippen molar-refractivity contribution in [2.75, 3.05) is 31.1 Å². The fourth-order valence-electron chi connectivity index (χ4n) is 3.34. The third-order valence-electron chi connectivity index (χ3n) is 4.55. The molecule has 1 aromatic heterocycles. The van der Waals surface area contributed by atoms with Crippen LogP contribution in [0.15, 0.2) is 12.3 Å². The van der Waals surface area contributed by atoms with Crippen LogP contribution in [0.4, 0.5) is 5.82 Å². The molecule has 1 aromatic rings. The van der Waals surface area contributed by atoms with Crippen LogP contribution in [0.2, 0.25) is 10.0 Å². The minimum atomic E-state index is -0.0120. The number of piperidine rings is 1. The van der Waals surface area contributed by atoms with E-state index in [0.29, 0.717) is 22.5 Å². The van der Waals surface area contributed by atoms with Gasteiger partial charge in [-0.2, -0.15) is 0 Å². The minimum absolute atomic E-state index is 0.0120. The molecule has 7 heteroatoms. The van der Waals surface area contributed by atoms with E-state index in [-0.39, 0.29) is 11.9 Å². The Labute approximate surface area is 146 Å². The smallest absolute Gasteiger partial charge is 0.237 e. The topological polar surface area (TPSA) is 57.3 Å². The van der Waals surface area contributed by atoms with Crippen LogP contribution in [0, 0.1) is 5.92 Å². The molecule has 2 aliphatic heterocycles. The lowest BCUT2D eigenvalue weighted by Crippen LogP contribution is -2.45. The van der Waals surface area contributed by atoms with Crippen molar-refractivity contribution >= 4 is 34.9 Å². The van der Waals surface area contributed by atoms with Crippen LogP contribution in [0.25, 0.3) is 0 Å². The molecule has 2 atom stereocenters. The van der Waals surface area contributed by atoms with Crippen molar-refractivity contribution in [2.45, 2.75) is 31.7 Å². The highest BCUT2D eigenvalue weighted by Crippen LogP contribution is 2.29. The summed E-state index contributed by atoms with van der Waals surface area (Å²) in [4.78, 5) is 18.6. The van der Waals surface area contributed by atoms with Gasteiger partial charge in [-0.1, -0.05) is 23.2 Å². The monoisotopic (exact) mass is 356 g/mol. The molecule has 0 radical (unpaired) electrons. The first-order chi connectivity index (χ1) is 11.1. The maximum absolute atomic E-state index is 12.1. The van der Waals surface area contributed by atoms with Gasteiger partial charge in [0.2, 0.25) is 5.91 Å². The van der Waals surface area contributed by atoms with Gasteiger partial charge in [-0.3, -0.25) is 4.79 Å². The first kappa shape index (κ1) is 16.8. The molecule has 23 heavy (non-hydrogen) atoms. The van der Waals surface area contributed by atoms with Gasteiger partial charge in [-0.25, -0.2) is 4.98 Å². The SMILES string of the molecule is O=C(NCC1CCCN(c2ncc(Cl)cc2Cl)C1)C1CCCN1. The molecule has 2 saturated heterocycles. The van der Waals surface area contributed by atoms with E-state index in [2.05, 4.69) is 20.5 Å². The minimum Gasteiger partial charge on any atom is -0.355 e. The van der Waals surface area contributed by atoms with Crippen molar-refractivity contribution in [1.29, 1.82) is 0 Å². The molecular weight excluding hydrogens is 335 g/mol. The van der Waals surface area contributed by atoms with E-state index in [0.717, 1.165) is 51.1 Å². The van der Waals surface area contributed by atoms with Gasteiger partial charge >= 0.3 is 0 Å². The molecule has 2 aliphatic rings. The quantitative estimate of drug-likeness (QED) is 0.869. The fraction of sp³-hybridized carbons (Fsp3) is 0.625. The van der Waals surface area contributed by atoms with Crippen molar-refractivity contribution in [3.8, 4) is 0 Å². The molecular formula is C16H22Cl2N4O. The second-order valence-electron chi connectivity index (χ2n) is 6.31. The summed E-state index contributed by atoms with van der Waals surface area (Å²) in [6.45, 7) is 3.43. The number of aromatic nitrogens is 1. The predicted molar refractivity (Wildman–Crippen MR) is 93.2 cm³/mol. The molecule has 0 bridgehead atoms. The van der Waals surface area contributed by atoms with Crippen LogP contribution in [-0.4, -0.2) is 43.1 Å². The molecule has 0 aliphatic carbocycles. The van der Waals surface area contributed by atoms with Crippen molar-refractivity contribution in [1.82, 2.24) is 15.6 Å². The summed E-state index contributed by atoms with van der Waals surface area (Å²) in [5.41, 5.74) is 0. The fourth-order valence-corrected chi connectivity index (χ4v) is 3.84. The molecule has 0 spiro atoms. The number of carbonyl (C=O) groups excluding carboxylic acids is 1. The maximum atomic E-state index is 12.1. The Kier molecular flexibility index (Phi) is 5.62. The highest BCUT2D eigenvalue weighted by Gasteiger charge is 2.25. The van der Waals surface area contributed by atoms with Crippen LogP contribution in [-0.2, 0) is 4.79 Å². The Bertz CT molecular complexity index is 563. The van der Waals surface area contributed by atoms with Crippen molar-refractivity contribution in [3.05, 3.63) is 22.3 Å². The number of hydrogen-bond donors (Lipinski definition) is 2. The number of amides is 1. The predicted octanol–water partition coefficient (Wildman–Crippen LogP) is 2.47. The van der Waals surface area contributed by atoms with Gasteiger partial charge in [0.05, 0.1) is 16.1 Å². The van der Waals surface area contributed by atoms with Gasteiger partial charge in [-0.05, 0) is 44.2 Å². The Morgan fingerprint density at radius 3 is 3.00 bits per heavy atom. The summed E-state index contributed by atoms with van der Waals surface area (Å²) in [7, 11) is 0. The number of nitrogens with zero attached hydrogens (tertiary/aromatic N) is 2. The van der Waals surface area contributed by atoms with Gasteiger partial charge in [0.25, 0.3) is 0 Å². The van der Waals surface area contributed by atoms with E-state index in [9.17, 15) is 4.79 Å². The maximum Gasteiger partial charge on any atom is 0.237 e. The number of nitrogens with one attached hydrogen (secondary N) is 2. The Morgan fingerprint density at radius 1 is 1.39 bits per heavy atom. The zero-order valence-corrected chi connectivity index (χ0v) is 14.5. The van der Waals surface area contributed by atoms with Crippen molar-refractivity contribution in [2.24, 2.45) is 5.92 Å².